The van der Waals surface area contributed by atoms with Crippen LogP contribution in [0.5, 0.6) is 0 Å². The molecule has 0 saturated carbocycles. The molecular formula is C21H14FN3O3. The molecule has 2 heterocycles. The van der Waals surface area contributed by atoms with E-state index in [-0.39, 0.29) is 18.3 Å². The summed E-state index contributed by atoms with van der Waals surface area (Å²) in [5.41, 5.74) is 2.22. The fraction of sp³-hybridized carbons (Fsp3) is 0.0476. The summed E-state index contributed by atoms with van der Waals surface area (Å²) in [6.45, 7) is -0.162. The van der Waals surface area contributed by atoms with Crippen LogP contribution in [0.3, 0.4) is 0 Å². The molecule has 0 spiro atoms. The van der Waals surface area contributed by atoms with Crippen molar-refractivity contribution in [1.82, 2.24) is 15.1 Å². The quantitative estimate of drug-likeness (QED) is 0.385. The maximum Gasteiger partial charge on any atom is 0.331 e. The second-order valence-electron chi connectivity index (χ2n) is 5.88. The minimum Gasteiger partial charge on any atom is -0.452 e. The number of halogens is 1. The molecule has 0 radical (unpaired) electrons. The topological polar surface area (TPSA) is 78.1 Å². The van der Waals surface area contributed by atoms with Crippen LogP contribution in [0.4, 0.5) is 4.39 Å². The van der Waals surface area contributed by atoms with Gasteiger partial charge in [-0.05, 0) is 36.4 Å². The Balaban J connectivity index is 1.39. The van der Waals surface area contributed by atoms with Crippen LogP contribution < -0.4 is 0 Å². The molecule has 0 atom stereocenters. The molecule has 0 saturated heterocycles. The van der Waals surface area contributed by atoms with Crippen molar-refractivity contribution < 1.29 is 18.4 Å². The lowest BCUT2D eigenvalue weighted by Crippen LogP contribution is -2.01. The summed E-state index contributed by atoms with van der Waals surface area (Å²) in [5, 5.41) is 4.78. The van der Waals surface area contributed by atoms with E-state index in [0.717, 1.165) is 16.5 Å². The molecule has 0 aliphatic rings. The number of hydrogen-bond donors (Lipinski definition) is 0. The highest BCUT2D eigenvalue weighted by atomic mass is 19.1. The number of carbonyl (C=O) groups excluding carboxylic acids is 1. The molecule has 0 unspecified atom stereocenters. The molecule has 2 aromatic carbocycles. The predicted octanol–water partition coefficient (Wildman–Crippen LogP) is 4.18. The van der Waals surface area contributed by atoms with Gasteiger partial charge >= 0.3 is 5.97 Å². The summed E-state index contributed by atoms with van der Waals surface area (Å²) in [6.07, 6.45) is 4.67. The molecule has 0 N–H and O–H groups in total. The average Bonchev–Trinajstić information content (AvgIpc) is 3.20. The predicted molar refractivity (Wildman–Crippen MR) is 100 cm³/mol. The minimum absolute atomic E-state index is 0.146. The molecule has 6 nitrogen and oxygen atoms in total. The molecule has 138 valence electrons. The molecule has 4 aromatic rings. The van der Waals surface area contributed by atoms with E-state index in [1.165, 1.54) is 30.3 Å². The number of hydrogen-bond acceptors (Lipinski definition) is 6. The zero-order valence-electron chi connectivity index (χ0n) is 14.6. The van der Waals surface area contributed by atoms with Crippen LogP contribution in [0.15, 0.2) is 71.4 Å². The molecule has 28 heavy (non-hydrogen) atoms. The van der Waals surface area contributed by atoms with Gasteiger partial charge in [-0.1, -0.05) is 29.4 Å². The number of para-hydroxylation sites is 1. The monoisotopic (exact) mass is 375 g/mol. The maximum absolute atomic E-state index is 13.0. The molecule has 0 aliphatic carbocycles. The van der Waals surface area contributed by atoms with Crippen LogP contribution in [-0.2, 0) is 16.1 Å². The lowest BCUT2D eigenvalue weighted by atomic mass is 10.1. The summed E-state index contributed by atoms with van der Waals surface area (Å²) < 4.78 is 23.1. The van der Waals surface area contributed by atoms with Crippen LogP contribution in [-0.4, -0.2) is 21.1 Å². The van der Waals surface area contributed by atoms with Crippen molar-refractivity contribution in [2.75, 3.05) is 0 Å². The summed E-state index contributed by atoms with van der Waals surface area (Å²) >= 11 is 0. The first-order valence-electron chi connectivity index (χ1n) is 8.46. The van der Waals surface area contributed by atoms with E-state index < -0.39 is 5.97 Å². The number of aromatic nitrogens is 3. The van der Waals surface area contributed by atoms with E-state index in [2.05, 4.69) is 15.1 Å². The first-order valence-corrected chi connectivity index (χ1v) is 8.46. The summed E-state index contributed by atoms with van der Waals surface area (Å²) in [5.74, 6) is -0.458. The Kier molecular flexibility index (Phi) is 4.88. The summed E-state index contributed by atoms with van der Waals surface area (Å²) in [7, 11) is 0. The van der Waals surface area contributed by atoms with Gasteiger partial charge in [0, 0.05) is 28.8 Å². The van der Waals surface area contributed by atoms with Gasteiger partial charge in [0.05, 0.1) is 5.52 Å². The van der Waals surface area contributed by atoms with Crippen LogP contribution in [0, 0.1) is 5.82 Å². The normalized spacial score (nSPS) is 11.2. The van der Waals surface area contributed by atoms with Crippen molar-refractivity contribution in [2.45, 2.75) is 6.61 Å². The van der Waals surface area contributed by atoms with Crippen molar-refractivity contribution in [1.29, 1.82) is 0 Å². The average molecular weight is 375 g/mol. The third-order valence-electron chi connectivity index (χ3n) is 3.97. The number of esters is 1. The Labute approximate surface area is 159 Å². The fourth-order valence-corrected chi connectivity index (χ4v) is 2.63. The van der Waals surface area contributed by atoms with Gasteiger partial charge in [0.15, 0.2) is 6.61 Å². The Morgan fingerprint density at radius 2 is 1.93 bits per heavy atom. The largest absolute Gasteiger partial charge is 0.452 e. The zero-order chi connectivity index (χ0) is 19.3. The molecular weight excluding hydrogens is 361 g/mol. The first kappa shape index (κ1) is 17.5. The highest BCUT2D eigenvalue weighted by Crippen LogP contribution is 2.18. The fourth-order valence-electron chi connectivity index (χ4n) is 2.63. The molecule has 0 amide bonds. The van der Waals surface area contributed by atoms with E-state index in [1.54, 1.807) is 12.3 Å². The maximum atomic E-state index is 13.0. The van der Waals surface area contributed by atoms with Gasteiger partial charge in [-0.25, -0.2) is 9.18 Å². The minimum atomic E-state index is -0.547. The van der Waals surface area contributed by atoms with Crippen LogP contribution >= 0.6 is 0 Å². The van der Waals surface area contributed by atoms with Gasteiger partial charge < -0.3 is 9.26 Å². The van der Waals surface area contributed by atoms with Crippen molar-refractivity contribution in [3.8, 4) is 11.4 Å². The van der Waals surface area contributed by atoms with Crippen molar-refractivity contribution in [3.05, 3.63) is 84.1 Å². The van der Waals surface area contributed by atoms with Crippen molar-refractivity contribution >= 4 is 22.9 Å². The van der Waals surface area contributed by atoms with Gasteiger partial charge in [-0.3, -0.25) is 4.98 Å². The number of fused-ring (bicyclic) bond motifs is 1. The number of carbonyl (C=O) groups is 1. The lowest BCUT2D eigenvalue weighted by Gasteiger charge is -2.00. The van der Waals surface area contributed by atoms with Gasteiger partial charge in [-0.15, -0.1) is 0 Å². The Hall–Kier alpha value is -3.87. The number of pyridine rings is 1. The van der Waals surface area contributed by atoms with Gasteiger partial charge in [-0.2, -0.15) is 4.98 Å². The van der Waals surface area contributed by atoms with E-state index in [9.17, 15) is 9.18 Å². The van der Waals surface area contributed by atoms with Crippen molar-refractivity contribution in [3.63, 3.8) is 0 Å². The number of ether oxygens (including phenoxy) is 1. The van der Waals surface area contributed by atoms with E-state index in [0.29, 0.717) is 11.4 Å². The van der Waals surface area contributed by atoms with Crippen LogP contribution in [0.25, 0.3) is 28.4 Å². The van der Waals surface area contributed by atoms with Crippen LogP contribution in [0.2, 0.25) is 0 Å². The highest BCUT2D eigenvalue weighted by Gasteiger charge is 2.10. The lowest BCUT2D eigenvalue weighted by molar-refractivity contribution is -0.139. The zero-order valence-corrected chi connectivity index (χ0v) is 14.6. The second-order valence-corrected chi connectivity index (χ2v) is 5.88. The SMILES string of the molecule is O=C(/C=C\c1cccc2cccnc12)OCc1nc(-c2ccc(F)cc2)no1. The summed E-state index contributed by atoms with van der Waals surface area (Å²) in [6, 6.07) is 15.2. The Morgan fingerprint density at radius 3 is 2.79 bits per heavy atom. The van der Waals surface area contributed by atoms with Gasteiger partial charge in [0.2, 0.25) is 5.82 Å². The van der Waals surface area contributed by atoms with Gasteiger partial charge in [0.1, 0.15) is 5.82 Å². The molecule has 7 heteroatoms. The van der Waals surface area contributed by atoms with Crippen molar-refractivity contribution in [2.24, 2.45) is 0 Å². The van der Waals surface area contributed by atoms with E-state index in [1.807, 2.05) is 30.3 Å². The van der Waals surface area contributed by atoms with E-state index >= 15 is 0 Å². The van der Waals surface area contributed by atoms with Gasteiger partial charge in [0.25, 0.3) is 5.89 Å². The smallest absolute Gasteiger partial charge is 0.331 e. The third-order valence-corrected chi connectivity index (χ3v) is 3.97. The number of nitrogens with zero attached hydrogens (tertiary/aromatic N) is 3. The highest BCUT2D eigenvalue weighted by molar-refractivity contribution is 5.92. The standard InChI is InChI=1S/C21H14FN3O3/c22-17-9-6-16(7-10-17)21-24-18(28-25-21)13-27-19(26)11-8-15-4-1-3-14-5-2-12-23-20(14)15/h1-12H,13H2/b11-8-. The Bertz CT molecular complexity index is 1150. The number of rotatable bonds is 5. The molecule has 4 rings (SSSR count). The number of benzene rings is 2. The summed E-state index contributed by atoms with van der Waals surface area (Å²) in [4.78, 5) is 20.4. The second kappa shape index (κ2) is 7.79. The molecule has 0 aliphatic heterocycles. The Morgan fingerprint density at radius 1 is 1.11 bits per heavy atom. The molecule has 0 bridgehead atoms. The molecule has 0 fully saturated rings. The third kappa shape index (κ3) is 3.93. The first-order chi connectivity index (χ1) is 13.7. The van der Waals surface area contributed by atoms with E-state index in [4.69, 9.17) is 9.26 Å². The molecule has 2 aromatic heterocycles. The van der Waals surface area contributed by atoms with Crippen LogP contribution in [0.1, 0.15) is 11.5 Å².